The molecular formula is C7H22O2. The van der Waals surface area contributed by atoms with Gasteiger partial charge >= 0.3 is 0 Å². The van der Waals surface area contributed by atoms with Gasteiger partial charge in [-0.05, 0) is 6.92 Å². The molecule has 0 saturated heterocycles. The summed E-state index contributed by atoms with van der Waals surface area (Å²) in [5.41, 5.74) is 0. The van der Waals surface area contributed by atoms with Crippen molar-refractivity contribution in [3.63, 3.8) is 0 Å². The number of hydrogen-bond acceptors (Lipinski definition) is 2. The molecule has 1 atom stereocenters. The first kappa shape index (κ1) is 23.1. The van der Waals surface area contributed by atoms with Gasteiger partial charge in [-0.3, -0.25) is 0 Å². The average molecular weight is 138 g/mol. The molecule has 0 aliphatic rings. The maximum absolute atomic E-state index is 8.21. The van der Waals surface area contributed by atoms with Crippen LogP contribution in [0.3, 0.4) is 0 Å². The van der Waals surface area contributed by atoms with E-state index in [9.17, 15) is 0 Å². The fourth-order valence-electron chi connectivity index (χ4n) is 0.0745. The molecule has 0 bridgehead atoms. The highest BCUT2D eigenvalue weighted by Gasteiger charge is 1.90. The van der Waals surface area contributed by atoms with Gasteiger partial charge < -0.3 is 9.84 Å². The third kappa shape index (κ3) is 18.1. The van der Waals surface area contributed by atoms with E-state index >= 15 is 0 Å². The molecular weight excluding hydrogens is 116 g/mol. The first-order chi connectivity index (χ1) is 2.81. The minimum absolute atomic E-state index is 0. The first-order valence-electron chi connectivity index (χ1n) is 1.95. The van der Waals surface area contributed by atoms with Crippen molar-refractivity contribution in [1.29, 1.82) is 0 Å². The Labute approximate surface area is 59.9 Å². The summed E-state index contributed by atoms with van der Waals surface area (Å²) in [6, 6.07) is 0. The lowest BCUT2D eigenvalue weighted by molar-refractivity contribution is 0.0623. The van der Waals surface area contributed by atoms with E-state index in [-0.39, 0.29) is 35.0 Å². The SMILES string of the molecule is C.C.C.COC(C)CO. The van der Waals surface area contributed by atoms with Gasteiger partial charge in [0.1, 0.15) is 0 Å². The van der Waals surface area contributed by atoms with Crippen LogP contribution >= 0.6 is 0 Å². The maximum Gasteiger partial charge on any atom is 0.0773 e. The van der Waals surface area contributed by atoms with Crippen LogP contribution in [0.2, 0.25) is 0 Å². The van der Waals surface area contributed by atoms with Crippen LogP contribution in [0.25, 0.3) is 0 Å². The summed E-state index contributed by atoms with van der Waals surface area (Å²) in [6.07, 6.45) is -0.00926. The summed E-state index contributed by atoms with van der Waals surface area (Å²) in [5, 5.41) is 8.21. The lowest BCUT2D eigenvalue weighted by Crippen LogP contribution is -2.08. The fourth-order valence-corrected chi connectivity index (χ4v) is 0.0745. The van der Waals surface area contributed by atoms with E-state index in [4.69, 9.17) is 5.11 Å². The zero-order chi connectivity index (χ0) is 4.99. The van der Waals surface area contributed by atoms with E-state index in [1.807, 2.05) is 0 Å². The van der Waals surface area contributed by atoms with Crippen molar-refractivity contribution >= 4 is 0 Å². The Bertz CT molecular complexity index is 26.1. The second kappa shape index (κ2) is 15.7. The molecule has 1 N–H and O–H groups in total. The molecule has 0 spiro atoms. The molecule has 0 aliphatic carbocycles. The molecule has 0 fully saturated rings. The van der Waals surface area contributed by atoms with E-state index in [1.54, 1.807) is 14.0 Å². The minimum Gasteiger partial charge on any atom is -0.394 e. The number of aliphatic hydroxyl groups excluding tert-OH is 1. The van der Waals surface area contributed by atoms with E-state index in [1.165, 1.54) is 0 Å². The fraction of sp³-hybridized carbons (Fsp3) is 1.00. The molecule has 2 nitrogen and oxygen atoms in total. The lowest BCUT2D eigenvalue weighted by Gasteiger charge is -2.00. The van der Waals surface area contributed by atoms with Crippen LogP contribution in [0.4, 0.5) is 0 Å². The van der Waals surface area contributed by atoms with Gasteiger partial charge in [-0.15, -0.1) is 0 Å². The Kier molecular flexibility index (Phi) is 40.2. The topological polar surface area (TPSA) is 29.5 Å². The van der Waals surface area contributed by atoms with Crippen LogP contribution in [0.15, 0.2) is 0 Å². The highest BCUT2D eigenvalue weighted by molar-refractivity contribution is 4.38. The predicted molar refractivity (Wildman–Crippen MR) is 43.7 cm³/mol. The zero-order valence-electron chi connectivity index (χ0n) is 4.14. The van der Waals surface area contributed by atoms with Gasteiger partial charge in [0, 0.05) is 7.11 Å². The van der Waals surface area contributed by atoms with Crippen LogP contribution in [0, 0.1) is 0 Å². The standard InChI is InChI=1S/C4H10O2.3CH4/c1-4(3-5)6-2;;;/h4-5H,3H2,1-2H3;3*1H4. The quantitative estimate of drug-likeness (QED) is 0.631. The average Bonchev–Trinajstić information content (AvgIpc) is 1.65. The molecule has 9 heavy (non-hydrogen) atoms. The molecule has 0 amide bonds. The van der Waals surface area contributed by atoms with Gasteiger partial charge in [-0.2, -0.15) is 0 Å². The molecule has 0 aromatic rings. The molecule has 0 aromatic carbocycles. The largest absolute Gasteiger partial charge is 0.394 e. The van der Waals surface area contributed by atoms with Gasteiger partial charge in [0.15, 0.2) is 0 Å². The number of aliphatic hydroxyl groups is 1. The molecule has 62 valence electrons. The van der Waals surface area contributed by atoms with Gasteiger partial charge in [0.2, 0.25) is 0 Å². The van der Waals surface area contributed by atoms with Crippen molar-refractivity contribution in [3.05, 3.63) is 0 Å². The molecule has 1 unspecified atom stereocenters. The molecule has 0 saturated carbocycles. The van der Waals surface area contributed by atoms with Gasteiger partial charge in [0.25, 0.3) is 0 Å². The second-order valence-electron chi connectivity index (χ2n) is 1.23. The van der Waals surface area contributed by atoms with Crippen molar-refractivity contribution in [2.24, 2.45) is 0 Å². The molecule has 0 aliphatic heterocycles. The monoisotopic (exact) mass is 138 g/mol. The van der Waals surface area contributed by atoms with E-state index in [0.29, 0.717) is 0 Å². The Morgan fingerprint density at radius 2 is 1.67 bits per heavy atom. The van der Waals surface area contributed by atoms with Crippen LogP contribution in [0.1, 0.15) is 29.2 Å². The third-order valence-corrected chi connectivity index (χ3v) is 0.659. The summed E-state index contributed by atoms with van der Waals surface area (Å²) in [5.74, 6) is 0. The smallest absolute Gasteiger partial charge is 0.0773 e. The van der Waals surface area contributed by atoms with Crippen LogP contribution in [0.5, 0.6) is 0 Å². The molecule has 0 heterocycles. The lowest BCUT2D eigenvalue weighted by atomic mass is 10.4. The Balaban J connectivity index is -0.0000000417. The third-order valence-electron chi connectivity index (χ3n) is 0.659. The number of rotatable bonds is 2. The van der Waals surface area contributed by atoms with Crippen molar-refractivity contribution in [1.82, 2.24) is 0 Å². The Hall–Kier alpha value is -0.0800. The summed E-state index contributed by atoms with van der Waals surface area (Å²) in [7, 11) is 1.57. The molecule has 0 aromatic heterocycles. The predicted octanol–water partition coefficient (Wildman–Crippen LogP) is 1.92. The highest BCUT2D eigenvalue weighted by atomic mass is 16.5. The number of methoxy groups -OCH3 is 1. The first-order valence-corrected chi connectivity index (χ1v) is 1.95. The number of hydrogen-bond donors (Lipinski definition) is 1. The van der Waals surface area contributed by atoms with Gasteiger partial charge in [0.05, 0.1) is 12.7 Å². The van der Waals surface area contributed by atoms with Crippen LogP contribution in [-0.2, 0) is 4.74 Å². The summed E-state index contributed by atoms with van der Waals surface area (Å²) < 4.78 is 4.65. The van der Waals surface area contributed by atoms with Crippen molar-refractivity contribution < 1.29 is 9.84 Å². The molecule has 0 rings (SSSR count). The molecule has 0 radical (unpaired) electrons. The molecule has 2 heteroatoms. The normalized spacial score (nSPS) is 9.67. The van der Waals surface area contributed by atoms with Gasteiger partial charge in [-0.1, -0.05) is 22.3 Å². The highest BCUT2D eigenvalue weighted by Crippen LogP contribution is 1.80. The Morgan fingerprint density at radius 1 is 1.33 bits per heavy atom. The van der Waals surface area contributed by atoms with E-state index < -0.39 is 0 Å². The second-order valence-corrected chi connectivity index (χ2v) is 1.23. The van der Waals surface area contributed by atoms with Crippen molar-refractivity contribution in [3.8, 4) is 0 Å². The van der Waals surface area contributed by atoms with Crippen LogP contribution < -0.4 is 0 Å². The van der Waals surface area contributed by atoms with E-state index in [0.717, 1.165) is 0 Å². The summed E-state index contributed by atoms with van der Waals surface area (Å²) >= 11 is 0. The summed E-state index contributed by atoms with van der Waals surface area (Å²) in [4.78, 5) is 0. The maximum atomic E-state index is 8.21. The minimum atomic E-state index is -0.00926. The zero-order valence-corrected chi connectivity index (χ0v) is 4.14. The van der Waals surface area contributed by atoms with Crippen LogP contribution in [-0.4, -0.2) is 24.9 Å². The van der Waals surface area contributed by atoms with Gasteiger partial charge in [-0.25, -0.2) is 0 Å². The van der Waals surface area contributed by atoms with Crippen molar-refractivity contribution in [2.75, 3.05) is 13.7 Å². The number of ether oxygens (including phenoxy) is 1. The van der Waals surface area contributed by atoms with Crippen molar-refractivity contribution in [2.45, 2.75) is 35.3 Å². The Morgan fingerprint density at radius 3 is 1.67 bits per heavy atom. The van der Waals surface area contributed by atoms with E-state index in [2.05, 4.69) is 4.74 Å². The summed E-state index contributed by atoms with van der Waals surface area (Å²) in [6.45, 7) is 1.91.